The molecule has 0 saturated heterocycles. The average molecular weight is 380 g/mol. The van der Waals surface area contributed by atoms with Gasteiger partial charge in [-0.05, 0) is 43.2 Å². The summed E-state index contributed by atoms with van der Waals surface area (Å²) in [6.45, 7) is 3.93. The van der Waals surface area contributed by atoms with Crippen LogP contribution in [0.2, 0.25) is 0 Å². The first-order chi connectivity index (χ1) is 13.4. The van der Waals surface area contributed by atoms with E-state index in [4.69, 9.17) is 4.74 Å². The fourth-order valence-corrected chi connectivity index (χ4v) is 3.34. The lowest BCUT2D eigenvalue weighted by Gasteiger charge is -2.19. The summed E-state index contributed by atoms with van der Waals surface area (Å²) in [7, 11) is 1.61. The molecule has 0 fully saturated rings. The molecule has 0 spiro atoms. The predicted molar refractivity (Wildman–Crippen MR) is 105 cm³/mol. The second-order valence-corrected chi connectivity index (χ2v) is 6.86. The number of amides is 3. The second-order valence-electron chi connectivity index (χ2n) is 6.86. The van der Waals surface area contributed by atoms with E-state index in [9.17, 15) is 14.4 Å². The van der Waals surface area contributed by atoms with Gasteiger partial charge in [-0.25, -0.2) is 0 Å². The summed E-state index contributed by atoms with van der Waals surface area (Å²) in [5.41, 5.74) is 2.72. The monoisotopic (exact) mass is 380 g/mol. The zero-order chi connectivity index (χ0) is 20.3. The fourth-order valence-electron chi connectivity index (χ4n) is 3.34. The van der Waals surface area contributed by atoms with Crippen molar-refractivity contribution < 1.29 is 19.1 Å². The highest BCUT2D eigenvalue weighted by Crippen LogP contribution is 2.24. The SMILES string of the molecule is CCC(NC(=O)CCN1C(=O)c2ccc(C)cc2C1=O)c1ccc(OC)cc1. The van der Waals surface area contributed by atoms with Crippen LogP contribution in [0.5, 0.6) is 5.75 Å². The van der Waals surface area contributed by atoms with E-state index < -0.39 is 0 Å². The molecule has 3 rings (SSSR count). The van der Waals surface area contributed by atoms with Gasteiger partial charge < -0.3 is 10.1 Å². The summed E-state index contributed by atoms with van der Waals surface area (Å²) in [5.74, 6) is -0.116. The number of ether oxygens (including phenoxy) is 1. The van der Waals surface area contributed by atoms with Crippen LogP contribution in [-0.4, -0.2) is 36.3 Å². The number of nitrogens with one attached hydrogen (secondary N) is 1. The van der Waals surface area contributed by atoms with Gasteiger partial charge in [0.25, 0.3) is 11.8 Å². The van der Waals surface area contributed by atoms with Gasteiger partial charge in [-0.3, -0.25) is 19.3 Å². The minimum absolute atomic E-state index is 0.0657. The van der Waals surface area contributed by atoms with Crippen LogP contribution in [0, 0.1) is 6.92 Å². The smallest absolute Gasteiger partial charge is 0.261 e. The van der Waals surface area contributed by atoms with Gasteiger partial charge >= 0.3 is 0 Å². The highest BCUT2D eigenvalue weighted by Gasteiger charge is 2.35. The largest absolute Gasteiger partial charge is 0.497 e. The highest BCUT2D eigenvalue weighted by molar-refractivity contribution is 6.21. The van der Waals surface area contributed by atoms with Crippen molar-refractivity contribution >= 4 is 17.7 Å². The van der Waals surface area contributed by atoms with Crippen molar-refractivity contribution in [3.05, 3.63) is 64.7 Å². The van der Waals surface area contributed by atoms with Crippen molar-refractivity contribution in [1.29, 1.82) is 0 Å². The number of hydrogen-bond acceptors (Lipinski definition) is 4. The van der Waals surface area contributed by atoms with E-state index in [1.807, 2.05) is 38.1 Å². The number of methoxy groups -OCH3 is 1. The van der Waals surface area contributed by atoms with Crippen molar-refractivity contribution in [3.8, 4) is 5.75 Å². The van der Waals surface area contributed by atoms with E-state index in [2.05, 4.69) is 5.32 Å². The lowest BCUT2D eigenvalue weighted by molar-refractivity contribution is -0.121. The maximum absolute atomic E-state index is 12.5. The van der Waals surface area contributed by atoms with Crippen LogP contribution in [0.4, 0.5) is 0 Å². The molecule has 2 aromatic carbocycles. The number of carbonyl (C=O) groups is 3. The zero-order valence-corrected chi connectivity index (χ0v) is 16.3. The van der Waals surface area contributed by atoms with Gasteiger partial charge in [0.1, 0.15) is 5.75 Å². The second kappa shape index (κ2) is 8.25. The Bertz CT molecular complexity index is 905. The Balaban J connectivity index is 1.60. The summed E-state index contributed by atoms with van der Waals surface area (Å²) < 4.78 is 5.16. The number of benzene rings is 2. The lowest BCUT2D eigenvalue weighted by atomic mass is 10.0. The normalized spacial score (nSPS) is 14.0. The first kappa shape index (κ1) is 19.6. The van der Waals surface area contributed by atoms with E-state index in [0.29, 0.717) is 11.1 Å². The van der Waals surface area contributed by atoms with E-state index in [1.54, 1.807) is 25.3 Å². The van der Waals surface area contributed by atoms with Crippen molar-refractivity contribution in [2.75, 3.05) is 13.7 Å². The Morgan fingerprint density at radius 2 is 1.75 bits per heavy atom. The molecular weight excluding hydrogens is 356 g/mol. The van der Waals surface area contributed by atoms with Crippen molar-refractivity contribution in [2.24, 2.45) is 0 Å². The van der Waals surface area contributed by atoms with Gasteiger partial charge in [-0.2, -0.15) is 0 Å². The van der Waals surface area contributed by atoms with E-state index in [0.717, 1.165) is 28.2 Å². The molecule has 1 aliphatic rings. The van der Waals surface area contributed by atoms with Crippen molar-refractivity contribution in [3.63, 3.8) is 0 Å². The molecule has 146 valence electrons. The van der Waals surface area contributed by atoms with Crippen LogP contribution in [0.3, 0.4) is 0 Å². The molecule has 1 aliphatic heterocycles. The van der Waals surface area contributed by atoms with Crippen LogP contribution in [0.1, 0.15) is 57.7 Å². The molecule has 1 atom stereocenters. The quantitative estimate of drug-likeness (QED) is 0.748. The molecular formula is C22H24N2O4. The fraction of sp³-hybridized carbons (Fsp3) is 0.318. The molecule has 0 aliphatic carbocycles. The standard InChI is InChI=1S/C22H24N2O4/c1-4-19(15-6-8-16(28-3)9-7-15)23-20(25)11-12-24-21(26)17-10-5-14(2)13-18(17)22(24)27/h5-10,13,19H,4,11-12H2,1-3H3,(H,23,25). The van der Waals surface area contributed by atoms with Gasteiger partial charge in [-0.1, -0.05) is 30.7 Å². The molecule has 2 aromatic rings. The zero-order valence-electron chi connectivity index (χ0n) is 16.3. The molecule has 0 radical (unpaired) electrons. The number of imide groups is 1. The topological polar surface area (TPSA) is 75.7 Å². The molecule has 1 unspecified atom stereocenters. The third-order valence-electron chi connectivity index (χ3n) is 4.95. The molecule has 6 nitrogen and oxygen atoms in total. The Morgan fingerprint density at radius 3 is 2.39 bits per heavy atom. The maximum Gasteiger partial charge on any atom is 0.261 e. The number of aryl methyl sites for hydroxylation is 1. The van der Waals surface area contributed by atoms with Gasteiger partial charge in [0.15, 0.2) is 0 Å². The predicted octanol–water partition coefficient (Wildman–Crippen LogP) is 3.26. The summed E-state index contributed by atoms with van der Waals surface area (Å²) in [4.78, 5) is 38.5. The first-order valence-electron chi connectivity index (χ1n) is 9.34. The minimum Gasteiger partial charge on any atom is -0.497 e. The van der Waals surface area contributed by atoms with Crippen LogP contribution in [-0.2, 0) is 4.79 Å². The average Bonchev–Trinajstić information content (AvgIpc) is 2.94. The highest BCUT2D eigenvalue weighted by atomic mass is 16.5. The summed E-state index contributed by atoms with van der Waals surface area (Å²) >= 11 is 0. The van der Waals surface area contributed by atoms with E-state index >= 15 is 0 Å². The third-order valence-corrected chi connectivity index (χ3v) is 4.95. The Labute approximate surface area is 164 Å². The molecule has 28 heavy (non-hydrogen) atoms. The number of hydrogen-bond donors (Lipinski definition) is 1. The Hall–Kier alpha value is -3.15. The van der Waals surface area contributed by atoms with Crippen LogP contribution in [0.15, 0.2) is 42.5 Å². The maximum atomic E-state index is 12.5. The first-order valence-corrected chi connectivity index (χ1v) is 9.34. The molecule has 0 aromatic heterocycles. The lowest BCUT2D eigenvalue weighted by Crippen LogP contribution is -2.35. The molecule has 3 amide bonds. The van der Waals surface area contributed by atoms with Crippen LogP contribution in [0.25, 0.3) is 0 Å². The Kier molecular flexibility index (Phi) is 5.78. The molecule has 1 N–H and O–H groups in total. The summed E-state index contributed by atoms with van der Waals surface area (Å²) in [5, 5.41) is 2.98. The van der Waals surface area contributed by atoms with E-state index in [1.165, 1.54) is 0 Å². The molecule has 0 bridgehead atoms. The Morgan fingerprint density at radius 1 is 1.07 bits per heavy atom. The van der Waals surface area contributed by atoms with Crippen LogP contribution < -0.4 is 10.1 Å². The molecule has 0 saturated carbocycles. The number of carbonyl (C=O) groups excluding carboxylic acids is 3. The molecule has 1 heterocycles. The number of fused-ring (bicyclic) bond motifs is 1. The number of nitrogens with zero attached hydrogens (tertiary/aromatic N) is 1. The van der Waals surface area contributed by atoms with Crippen molar-refractivity contribution in [1.82, 2.24) is 10.2 Å². The van der Waals surface area contributed by atoms with E-state index in [-0.39, 0.29) is 36.7 Å². The minimum atomic E-state index is -0.338. The van der Waals surface area contributed by atoms with Crippen LogP contribution >= 0.6 is 0 Å². The van der Waals surface area contributed by atoms with Gasteiger partial charge in [0.05, 0.1) is 24.3 Å². The van der Waals surface area contributed by atoms with Gasteiger partial charge in [0, 0.05) is 13.0 Å². The van der Waals surface area contributed by atoms with Gasteiger partial charge in [0.2, 0.25) is 5.91 Å². The number of rotatable bonds is 7. The van der Waals surface area contributed by atoms with Crippen molar-refractivity contribution in [2.45, 2.75) is 32.7 Å². The van der Waals surface area contributed by atoms with Gasteiger partial charge in [-0.15, -0.1) is 0 Å². The summed E-state index contributed by atoms with van der Waals surface area (Å²) in [6, 6.07) is 12.6. The summed E-state index contributed by atoms with van der Waals surface area (Å²) in [6.07, 6.45) is 0.793. The molecule has 6 heteroatoms. The third kappa shape index (κ3) is 3.91.